The molecule has 0 bridgehead atoms. The Labute approximate surface area is 97.3 Å². The van der Waals surface area contributed by atoms with E-state index in [1.165, 1.54) is 0 Å². The number of hydroxylamine groups is 1. The lowest BCUT2D eigenvalue weighted by Crippen LogP contribution is -2.28. The molecule has 0 unspecified atom stereocenters. The zero-order chi connectivity index (χ0) is 12.4. The normalized spacial score (nSPS) is 12.7. The lowest BCUT2D eigenvalue weighted by molar-refractivity contribution is -0.0591. The standard InChI is InChI=1S/C11H23NO4/c1-10(12-16-11(2,3)4)9-15-8-7-14-6-5-13/h9,12-13H,5-8H2,1-4H3. The molecule has 2 N–H and O–H groups in total. The van der Waals surface area contributed by atoms with Gasteiger partial charge in [-0.25, -0.2) is 0 Å². The summed E-state index contributed by atoms with van der Waals surface area (Å²) in [4.78, 5) is 5.32. The summed E-state index contributed by atoms with van der Waals surface area (Å²) in [5, 5.41) is 8.45. The number of allylic oxidation sites excluding steroid dienone is 1. The van der Waals surface area contributed by atoms with Gasteiger partial charge in [0.05, 0.1) is 31.1 Å². The lowest BCUT2D eigenvalue weighted by Gasteiger charge is -2.19. The van der Waals surface area contributed by atoms with E-state index in [0.29, 0.717) is 19.8 Å². The van der Waals surface area contributed by atoms with E-state index >= 15 is 0 Å². The Morgan fingerprint density at radius 2 is 1.94 bits per heavy atom. The summed E-state index contributed by atoms with van der Waals surface area (Å²) in [6, 6.07) is 0. The van der Waals surface area contributed by atoms with Crippen molar-refractivity contribution in [3.05, 3.63) is 12.0 Å². The van der Waals surface area contributed by atoms with Crippen molar-refractivity contribution in [1.29, 1.82) is 0 Å². The van der Waals surface area contributed by atoms with Crippen LogP contribution in [0.5, 0.6) is 0 Å². The second-order valence-corrected chi connectivity index (χ2v) is 4.32. The maximum Gasteiger partial charge on any atom is 0.111 e. The Bertz CT molecular complexity index is 199. The minimum atomic E-state index is -0.237. The molecule has 0 aliphatic carbocycles. The molecule has 0 atom stereocenters. The number of ether oxygens (including phenoxy) is 2. The van der Waals surface area contributed by atoms with Crippen LogP contribution in [0, 0.1) is 0 Å². The smallest absolute Gasteiger partial charge is 0.111 e. The van der Waals surface area contributed by atoms with E-state index in [9.17, 15) is 0 Å². The second-order valence-electron chi connectivity index (χ2n) is 4.32. The predicted octanol–water partition coefficient (Wildman–Crippen LogP) is 1.19. The molecule has 5 heteroatoms. The molecule has 0 saturated carbocycles. The van der Waals surface area contributed by atoms with E-state index < -0.39 is 0 Å². The number of hydrogen-bond acceptors (Lipinski definition) is 5. The van der Waals surface area contributed by atoms with Gasteiger partial charge < -0.3 is 14.6 Å². The van der Waals surface area contributed by atoms with Crippen LogP contribution in [0.2, 0.25) is 0 Å². The number of hydrogen-bond donors (Lipinski definition) is 2. The SMILES string of the molecule is CC(=COCCOCCO)NOC(C)(C)C. The van der Waals surface area contributed by atoms with Crippen LogP contribution in [-0.4, -0.2) is 37.1 Å². The van der Waals surface area contributed by atoms with Crippen LogP contribution < -0.4 is 5.48 Å². The van der Waals surface area contributed by atoms with Crippen molar-refractivity contribution in [2.24, 2.45) is 0 Å². The molecule has 16 heavy (non-hydrogen) atoms. The van der Waals surface area contributed by atoms with Crippen molar-refractivity contribution in [2.45, 2.75) is 33.3 Å². The van der Waals surface area contributed by atoms with E-state index in [-0.39, 0.29) is 12.2 Å². The summed E-state index contributed by atoms with van der Waals surface area (Å²) in [6.45, 7) is 9.01. The van der Waals surface area contributed by atoms with Crippen LogP contribution in [0.4, 0.5) is 0 Å². The molecule has 96 valence electrons. The van der Waals surface area contributed by atoms with Crippen molar-refractivity contribution < 1.29 is 19.4 Å². The minimum Gasteiger partial charge on any atom is -0.497 e. The largest absolute Gasteiger partial charge is 0.497 e. The average Bonchev–Trinajstić information content (AvgIpc) is 2.19. The average molecular weight is 233 g/mol. The fourth-order valence-corrected chi connectivity index (χ4v) is 0.715. The summed E-state index contributed by atoms with van der Waals surface area (Å²) >= 11 is 0. The molecule has 0 rings (SSSR count). The highest BCUT2D eigenvalue weighted by atomic mass is 16.7. The molecule has 0 radical (unpaired) electrons. The highest BCUT2D eigenvalue weighted by Crippen LogP contribution is 2.04. The first kappa shape index (κ1) is 15.2. The van der Waals surface area contributed by atoms with Gasteiger partial charge >= 0.3 is 0 Å². The van der Waals surface area contributed by atoms with E-state index in [0.717, 1.165) is 5.70 Å². The highest BCUT2D eigenvalue weighted by molar-refractivity contribution is 4.86. The summed E-state index contributed by atoms with van der Waals surface area (Å²) in [7, 11) is 0. The van der Waals surface area contributed by atoms with Gasteiger partial charge in [0, 0.05) is 0 Å². The second kappa shape index (κ2) is 8.38. The van der Waals surface area contributed by atoms with Crippen LogP contribution in [0.25, 0.3) is 0 Å². The zero-order valence-corrected chi connectivity index (χ0v) is 10.6. The maximum atomic E-state index is 8.45. The van der Waals surface area contributed by atoms with Gasteiger partial charge in [0.2, 0.25) is 0 Å². The monoisotopic (exact) mass is 233 g/mol. The first-order valence-corrected chi connectivity index (χ1v) is 5.36. The van der Waals surface area contributed by atoms with Gasteiger partial charge in [-0.3, -0.25) is 10.3 Å². The molecule has 0 aromatic heterocycles. The molecule has 0 aliphatic rings. The highest BCUT2D eigenvalue weighted by Gasteiger charge is 2.09. The molecule has 0 saturated heterocycles. The van der Waals surface area contributed by atoms with Crippen molar-refractivity contribution in [1.82, 2.24) is 5.48 Å². The molecular formula is C11H23NO4. The Balaban J connectivity index is 3.48. The van der Waals surface area contributed by atoms with Gasteiger partial charge in [-0.2, -0.15) is 0 Å². The minimum absolute atomic E-state index is 0.0375. The molecule has 0 fully saturated rings. The zero-order valence-electron chi connectivity index (χ0n) is 10.6. The molecule has 0 heterocycles. The molecule has 0 spiro atoms. The van der Waals surface area contributed by atoms with Gasteiger partial charge in [0.1, 0.15) is 12.9 Å². The van der Waals surface area contributed by atoms with E-state index in [1.807, 2.05) is 27.7 Å². The molecule has 0 aromatic rings. The lowest BCUT2D eigenvalue weighted by atomic mass is 10.2. The van der Waals surface area contributed by atoms with E-state index in [2.05, 4.69) is 5.48 Å². The third-order valence-corrected chi connectivity index (χ3v) is 1.36. The third-order valence-electron chi connectivity index (χ3n) is 1.36. The van der Waals surface area contributed by atoms with Gasteiger partial charge in [-0.15, -0.1) is 0 Å². The maximum absolute atomic E-state index is 8.45. The van der Waals surface area contributed by atoms with Crippen LogP contribution in [0.3, 0.4) is 0 Å². The molecular weight excluding hydrogens is 210 g/mol. The van der Waals surface area contributed by atoms with Crippen molar-refractivity contribution in [2.75, 3.05) is 26.4 Å². The molecule has 0 amide bonds. The van der Waals surface area contributed by atoms with E-state index in [4.69, 9.17) is 19.4 Å². The fraction of sp³-hybridized carbons (Fsp3) is 0.818. The molecule has 5 nitrogen and oxygen atoms in total. The van der Waals surface area contributed by atoms with Crippen molar-refractivity contribution in [3.8, 4) is 0 Å². The summed E-state index contributed by atoms with van der Waals surface area (Å²) < 4.78 is 10.2. The Morgan fingerprint density at radius 1 is 1.25 bits per heavy atom. The Morgan fingerprint density at radius 3 is 2.50 bits per heavy atom. The summed E-state index contributed by atoms with van der Waals surface area (Å²) in [5.74, 6) is 0. The fourth-order valence-electron chi connectivity index (χ4n) is 0.715. The first-order chi connectivity index (χ1) is 7.45. The number of aliphatic hydroxyl groups is 1. The number of nitrogens with one attached hydrogen (secondary N) is 1. The van der Waals surface area contributed by atoms with Gasteiger partial charge in [-0.1, -0.05) is 0 Å². The number of rotatable bonds is 8. The topological polar surface area (TPSA) is 60.0 Å². The molecule has 0 aromatic carbocycles. The quantitative estimate of drug-likeness (QED) is 0.375. The van der Waals surface area contributed by atoms with Gasteiger partial charge in [0.25, 0.3) is 0 Å². The predicted molar refractivity (Wildman–Crippen MR) is 61.6 cm³/mol. The van der Waals surface area contributed by atoms with Crippen molar-refractivity contribution in [3.63, 3.8) is 0 Å². The van der Waals surface area contributed by atoms with Crippen LogP contribution in [-0.2, 0) is 14.3 Å². The third kappa shape index (κ3) is 11.3. The summed E-state index contributed by atoms with van der Waals surface area (Å²) in [6.07, 6.45) is 1.58. The number of aliphatic hydroxyl groups excluding tert-OH is 1. The van der Waals surface area contributed by atoms with Crippen LogP contribution >= 0.6 is 0 Å². The van der Waals surface area contributed by atoms with E-state index in [1.54, 1.807) is 6.26 Å². The summed E-state index contributed by atoms with van der Waals surface area (Å²) in [5.41, 5.74) is 3.33. The van der Waals surface area contributed by atoms with Crippen LogP contribution in [0.1, 0.15) is 27.7 Å². The van der Waals surface area contributed by atoms with Gasteiger partial charge in [0.15, 0.2) is 0 Å². The van der Waals surface area contributed by atoms with Gasteiger partial charge in [-0.05, 0) is 27.7 Å². The Hall–Kier alpha value is -0.780. The first-order valence-electron chi connectivity index (χ1n) is 5.36. The molecule has 0 aliphatic heterocycles. The van der Waals surface area contributed by atoms with Crippen molar-refractivity contribution >= 4 is 0 Å². The van der Waals surface area contributed by atoms with Crippen LogP contribution in [0.15, 0.2) is 12.0 Å². The Kier molecular flexibility index (Phi) is 7.97.